The maximum atomic E-state index is 12.8. The molecule has 0 aliphatic carbocycles. The summed E-state index contributed by atoms with van der Waals surface area (Å²) in [5, 5.41) is 3.52. The Kier molecular flexibility index (Phi) is 4.84. The summed E-state index contributed by atoms with van der Waals surface area (Å²) in [5.74, 6) is 0. The third-order valence-corrected chi connectivity index (χ3v) is 3.89. The highest BCUT2D eigenvalue weighted by molar-refractivity contribution is 9.10. The Labute approximate surface area is 134 Å². The minimum Gasteiger partial charge on any atom is -0.381 e. The highest BCUT2D eigenvalue weighted by atomic mass is 79.9. The van der Waals surface area contributed by atoms with E-state index in [0.29, 0.717) is 17.3 Å². The molecule has 0 aromatic heterocycles. The first-order valence-corrected chi connectivity index (χ1v) is 7.30. The molecule has 2 rings (SSSR count). The smallest absolute Gasteiger partial charge is 0.381 e. The molecule has 2 aromatic rings. The van der Waals surface area contributed by atoms with Gasteiger partial charge in [-0.25, -0.2) is 0 Å². The molecule has 2 aromatic carbocycles. The van der Waals surface area contributed by atoms with E-state index in [1.54, 1.807) is 12.1 Å². The second-order valence-electron chi connectivity index (χ2n) is 4.62. The zero-order valence-electron chi connectivity index (χ0n) is 11.1. The summed E-state index contributed by atoms with van der Waals surface area (Å²) < 4.78 is 39.4. The molecule has 0 heterocycles. The third-order valence-electron chi connectivity index (χ3n) is 3.04. The van der Waals surface area contributed by atoms with E-state index in [4.69, 9.17) is 11.6 Å². The Morgan fingerprint density at radius 1 is 1.14 bits per heavy atom. The lowest BCUT2D eigenvalue weighted by molar-refractivity contribution is -0.138. The number of aryl methyl sites for hydroxylation is 1. The molecule has 21 heavy (non-hydrogen) atoms. The van der Waals surface area contributed by atoms with E-state index in [9.17, 15) is 13.2 Å². The Morgan fingerprint density at radius 3 is 2.48 bits per heavy atom. The van der Waals surface area contributed by atoms with Gasteiger partial charge in [0.1, 0.15) is 0 Å². The van der Waals surface area contributed by atoms with Crippen LogP contribution in [0.2, 0.25) is 5.02 Å². The third kappa shape index (κ3) is 4.14. The predicted molar refractivity (Wildman–Crippen MR) is 82.7 cm³/mol. The van der Waals surface area contributed by atoms with E-state index in [1.165, 1.54) is 13.0 Å². The van der Waals surface area contributed by atoms with Crippen molar-refractivity contribution < 1.29 is 13.2 Å². The number of nitrogens with one attached hydrogen (secondary N) is 1. The van der Waals surface area contributed by atoms with Crippen LogP contribution < -0.4 is 5.32 Å². The molecular weight excluding hydrogens is 367 g/mol. The van der Waals surface area contributed by atoms with Gasteiger partial charge in [-0.15, -0.1) is 0 Å². The lowest BCUT2D eigenvalue weighted by atomic mass is 10.1. The van der Waals surface area contributed by atoms with Crippen molar-refractivity contribution in [2.24, 2.45) is 0 Å². The fraction of sp³-hybridized carbons (Fsp3) is 0.200. The van der Waals surface area contributed by atoms with Crippen LogP contribution in [0.15, 0.2) is 40.9 Å². The van der Waals surface area contributed by atoms with Gasteiger partial charge < -0.3 is 5.32 Å². The molecule has 1 nitrogen and oxygen atoms in total. The Balaban J connectivity index is 2.17. The van der Waals surface area contributed by atoms with Crippen LogP contribution in [0.4, 0.5) is 18.9 Å². The molecule has 0 spiro atoms. The highest BCUT2D eigenvalue weighted by Gasteiger charge is 2.32. The average Bonchev–Trinajstić information content (AvgIpc) is 2.38. The SMILES string of the molecule is Cc1ccc(NCc2ccc(Br)cc2Cl)cc1C(F)(F)F. The minimum absolute atomic E-state index is 0.203. The monoisotopic (exact) mass is 377 g/mol. The van der Waals surface area contributed by atoms with Crippen molar-refractivity contribution in [1.82, 2.24) is 0 Å². The number of hydrogen-bond donors (Lipinski definition) is 1. The van der Waals surface area contributed by atoms with E-state index < -0.39 is 11.7 Å². The fourth-order valence-electron chi connectivity index (χ4n) is 1.90. The summed E-state index contributed by atoms with van der Waals surface area (Å²) in [7, 11) is 0. The summed E-state index contributed by atoms with van der Waals surface area (Å²) in [6, 6.07) is 9.58. The summed E-state index contributed by atoms with van der Waals surface area (Å²) in [5.41, 5.74) is 0.796. The molecule has 6 heteroatoms. The molecule has 0 aliphatic rings. The van der Waals surface area contributed by atoms with Gasteiger partial charge in [0, 0.05) is 21.7 Å². The van der Waals surface area contributed by atoms with E-state index in [2.05, 4.69) is 21.2 Å². The van der Waals surface area contributed by atoms with Gasteiger partial charge in [-0.1, -0.05) is 39.7 Å². The number of alkyl halides is 3. The van der Waals surface area contributed by atoms with Crippen molar-refractivity contribution in [1.29, 1.82) is 0 Å². The van der Waals surface area contributed by atoms with Crippen LogP contribution in [0.25, 0.3) is 0 Å². The van der Waals surface area contributed by atoms with Gasteiger partial charge in [-0.2, -0.15) is 13.2 Å². The highest BCUT2D eigenvalue weighted by Crippen LogP contribution is 2.33. The lowest BCUT2D eigenvalue weighted by Gasteiger charge is -2.14. The van der Waals surface area contributed by atoms with Crippen molar-refractivity contribution in [3.05, 3.63) is 62.6 Å². The van der Waals surface area contributed by atoms with Crippen LogP contribution in [0.5, 0.6) is 0 Å². The maximum Gasteiger partial charge on any atom is 0.416 e. The topological polar surface area (TPSA) is 12.0 Å². The molecule has 0 bridgehead atoms. The average molecular weight is 379 g/mol. The second kappa shape index (κ2) is 6.28. The maximum absolute atomic E-state index is 12.8. The molecule has 0 aliphatic heterocycles. The lowest BCUT2D eigenvalue weighted by Crippen LogP contribution is -2.09. The molecular formula is C15H12BrClF3N. The Bertz CT molecular complexity index is 656. The summed E-state index contributed by atoms with van der Waals surface area (Å²) in [6.07, 6.45) is -4.35. The standard InChI is InChI=1S/C15H12BrClF3N/c1-9-2-5-12(7-13(9)15(18,19)20)21-8-10-3-4-11(16)6-14(10)17/h2-7,21H,8H2,1H3. The van der Waals surface area contributed by atoms with Gasteiger partial charge in [0.05, 0.1) is 5.56 Å². The second-order valence-corrected chi connectivity index (χ2v) is 5.94. The number of anilines is 1. The number of halogens is 5. The number of benzene rings is 2. The van der Waals surface area contributed by atoms with Crippen molar-refractivity contribution in [2.75, 3.05) is 5.32 Å². The van der Waals surface area contributed by atoms with E-state index >= 15 is 0 Å². The number of rotatable bonds is 3. The van der Waals surface area contributed by atoms with Crippen LogP contribution in [-0.2, 0) is 12.7 Å². The van der Waals surface area contributed by atoms with Gasteiger partial charge in [-0.3, -0.25) is 0 Å². The van der Waals surface area contributed by atoms with Crippen LogP contribution >= 0.6 is 27.5 Å². The van der Waals surface area contributed by atoms with Gasteiger partial charge >= 0.3 is 6.18 Å². The Hall–Kier alpha value is -1.20. The van der Waals surface area contributed by atoms with E-state index in [1.807, 2.05) is 12.1 Å². The van der Waals surface area contributed by atoms with Gasteiger partial charge in [0.2, 0.25) is 0 Å². The molecule has 112 valence electrons. The molecule has 0 fully saturated rings. The number of hydrogen-bond acceptors (Lipinski definition) is 1. The molecule has 0 saturated heterocycles. The molecule has 0 amide bonds. The van der Waals surface area contributed by atoms with Crippen molar-refractivity contribution >= 4 is 33.2 Å². The van der Waals surface area contributed by atoms with Gasteiger partial charge in [0.15, 0.2) is 0 Å². The molecule has 0 unspecified atom stereocenters. The predicted octanol–water partition coefficient (Wildman–Crippen LogP) is 6.04. The minimum atomic E-state index is -4.35. The first-order valence-electron chi connectivity index (χ1n) is 6.13. The van der Waals surface area contributed by atoms with Crippen LogP contribution in [0.3, 0.4) is 0 Å². The zero-order valence-corrected chi connectivity index (χ0v) is 13.4. The van der Waals surface area contributed by atoms with Crippen molar-refractivity contribution in [3.8, 4) is 0 Å². The van der Waals surface area contributed by atoms with Crippen LogP contribution in [0.1, 0.15) is 16.7 Å². The molecule has 0 radical (unpaired) electrons. The van der Waals surface area contributed by atoms with Crippen LogP contribution in [0, 0.1) is 6.92 Å². The fourth-order valence-corrected chi connectivity index (χ4v) is 2.64. The van der Waals surface area contributed by atoms with E-state index in [0.717, 1.165) is 16.1 Å². The summed E-state index contributed by atoms with van der Waals surface area (Å²) in [6.45, 7) is 1.80. The first-order chi connectivity index (χ1) is 9.77. The molecule has 0 saturated carbocycles. The van der Waals surface area contributed by atoms with Crippen molar-refractivity contribution in [3.63, 3.8) is 0 Å². The quantitative estimate of drug-likeness (QED) is 0.686. The Morgan fingerprint density at radius 2 is 1.86 bits per heavy atom. The van der Waals surface area contributed by atoms with Crippen molar-refractivity contribution in [2.45, 2.75) is 19.6 Å². The normalized spacial score (nSPS) is 11.5. The molecule has 1 N–H and O–H groups in total. The van der Waals surface area contributed by atoms with E-state index in [-0.39, 0.29) is 5.56 Å². The summed E-state index contributed by atoms with van der Waals surface area (Å²) >= 11 is 9.38. The van der Waals surface area contributed by atoms with Crippen LogP contribution in [-0.4, -0.2) is 0 Å². The largest absolute Gasteiger partial charge is 0.416 e. The van der Waals surface area contributed by atoms with Gasteiger partial charge in [-0.05, 0) is 42.3 Å². The van der Waals surface area contributed by atoms with Gasteiger partial charge in [0.25, 0.3) is 0 Å². The molecule has 0 atom stereocenters. The first kappa shape index (κ1) is 16.2. The summed E-state index contributed by atoms with van der Waals surface area (Å²) in [4.78, 5) is 0. The zero-order chi connectivity index (χ0) is 15.6.